The summed E-state index contributed by atoms with van der Waals surface area (Å²) in [7, 11) is -3.25. The van der Waals surface area contributed by atoms with Crippen molar-refractivity contribution in [1.82, 2.24) is 10.4 Å². The monoisotopic (exact) mass is 417 g/mol. The van der Waals surface area contributed by atoms with E-state index in [4.69, 9.17) is 0 Å². The van der Waals surface area contributed by atoms with Gasteiger partial charge in [0.25, 0.3) is 5.91 Å². The van der Waals surface area contributed by atoms with Gasteiger partial charge in [-0.05, 0) is 29.3 Å². The molecule has 0 unspecified atom stereocenters. The predicted molar refractivity (Wildman–Crippen MR) is 118 cm³/mol. The Morgan fingerprint density at radius 2 is 1.60 bits per heavy atom. The molecule has 1 heterocycles. The van der Waals surface area contributed by atoms with E-state index >= 15 is 0 Å². The Morgan fingerprint density at radius 3 is 2.30 bits per heavy atom. The van der Waals surface area contributed by atoms with Crippen LogP contribution in [0.25, 0.3) is 22.0 Å². The number of carbonyl (C=O) groups excluding carboxylic acids is 1. The lowest BCUT2D eigenvalue weighted by Crippen LogP contribution is -2.18. The maximum atomic E-state index is 12.8. The molecule has 0 spiro atoms. The number of para-hydroxylation sites is 1. The summed E-state index contributed by atoms with van der Waals surface area (Å²) in [6.07, 6.45) is 2.62. The lowest BCUT2D eigenvalue weighted by Gasteiger charge is -2.04. The van der Waals surface area contributed by atoms with Crippen molar-refractivity contribution in [1.29, 1.82) is 0 Å². The van der Waals surface area contributed by atoms with Gasteiger partial charge in [-0.2, -0.15) is 5.10 Å². The Morgan fingerprint density at radius 1 is 0.933 bits per heavy atom. The number of nitrogens with zero attached hydrogens (tertiary/aromatic N) is 1. The van der Waals surface area contributed by atoms with Gasteiger partial charge in [-0.15, -0.1) is 0 Å². The van der Waals surface area contributed by atoms with Crippen molar-refractivity contribution in [2.45, 2.75) is 4.90 Å². The number of fused-ring (bicyclic) bond motifs is 1. The van der Waals surface area contributed by atoms with Crippen LogP contribution in [0.2, 0.25) is 0 Å². The minimum atomic E-state index is -3.25. The maximum Gasteiger partial charge on any atom is 0.288 e. The average molecular weight is 417 g/mol. The number of amides is 1. The van der Waals surface area contributed by atoms with Gasteiger partial charge in [0.15, 0.2) is 9.84 Å². The highest BCUT2D eigenvalue weighted by molar-refractivity contribution is 7.90. The van der Waals surface area contributed by atoms with Gasteiger partial charge in [-0.3, -0.25) is 4.79 Å². The van der Waals surface area contributed by atoms with E-state index in [1.165, 1.54) is 18.3 Å². The van der Waals surface area contributed by atoms with Crippen LogP contribution >= 0.6 is 0 Å². The summed E-state index contributed by atoms with van der Waals surface area (Å²) < 4.78 is 23.1. The van der Waals surface area contributed by atoms with E-state index in [0.717, 1.165) is 28.3 Å². The third-order valence-corrected chi connectivity index (χ3v) is 5.81. The van der Waals surface area contributed by atoms with Gasteiger partial charge in [-0.25, -0.2) is 13.8 Å². The predicted octanol–water partition coefficient (Wildman–Crippen LogP) is 4.00. The molecule has 150 valence electrons. The molecule has 0 bridgehead atoms. The highest BCUT2D eigenvalue weighted by Gasteiger charge is 2.18. The molecule has 4 rings (SSSR count). The number of hydrogen-bond donors (Lipinski definition) is 2. The van der Waals surface area contributed by atoms with Crippen molar-refractivity contribution >= 4 is 32.9 Å². The topological polar surface area (TPSA) is 91.4 Å². The Hall–Kier alpha value is -3.71. The quantitative estimate of drug-likeness (QED) is 0.380. The van der Waals surface area contributed by atoms with E-state index in [-0.39, 0.29) is 10.8 Å². The highest BCUT2D eigenvalue weighted by Crippen LogP contribution is 2.32. The molecule has 2 N–H and O–H groups in total. The summed E-state index contributed by atoms with van der Waals surface area (Å²) in [4.78, 5) is 16.3. The first-order valence-corrected chi connectivity index (χ1v) is 11.1. The summed E-state index contributed by atoms with van der Waals surface area (Å²) in [5.74, 6) is -0.367. The van der Waals surface area contributed by atoms with Crippen LogP contribution in [0.4, 0.5) is 0 Å². The minimum Gasteiger partial charge on any atom is -0.350 e. The first kappa shape index (κ1) is 19.6. The zero-order valence-electron chi connectivity index (χ0n) is 16.2. The lowest BCUT2D eigenvalue weighted by atomic mass is 10.0. The first-order valence-electron chi connectivity index (χ1n) is 9.23. The fourth-order valence-corrected chi connectivity index (χ4v) is 3.87. The molecule has 0 radical (unpaired) electrons. The van der Waals surface area contributed by atoms with Crippen LogP contribution in [0, 0.1) is 0 Å². The molecule has 0 fully saturated rings. The van der Waals surface area contributed by atoms with E-state index in [1.54, 1.807) is 12.1 Å². The van der Waals surface area contributed by atoms with Crippen molar-refractivity contribution in [3.8, 4) is 11.1 Å². The molecule has 1 aromatic heterocycles. The van der Waals surface area contributed by atoms with E-state index in [0.29, 0.717) is 11.3 Å². The fourth-order valence-electron chi connectivity index (χ4n) is 3.24. The van der Waals surface area contributed by atoms with Gasteiger partial charge in [0.1, 0.15) is 5.69 Å². The molecule has 0 saturated heterocycles. The molecular formula is C23H19N3O3S. The van der Waals surface area contributed by atoms with Crippen molar-refractivity contribution < 1.29 is 13.2 Å². The van der Waals surface area contributed by atoms with Gasteiger partial charge in [0, 0.05) is 22.7 Å². The van der Waals surface area contributed by atoms with Crippen LogP contribution in [0.1, 0.15) is 16.1 Å². The van der Waals surface area contributed by atoms with E-state index in [9.17, 15) is 13.2 Å². The Labute approximate surface area is 174 Å². The van der Waals surface area contributed by atoms with Crippen molar-refractivity contribution in [2.75, 3.05) is 6.26 Å². The Kier molecular flexibility index (Phi) is 5.20. The number of sulfone groups is 1. The molecule has 0 saturated carbocycles. The molecule has 30 heavy (non-hydrogen) atoms. The van der Waals surface area contributed by atoms with E-state index in [2.05, 4.69) is 15.5 Å². The van der Waals surface area contributed by atoms with Gasteiger partial charge < -0.3 is 4.98 Å². The van der Waals surface area contributed by atoms with Crippen LogP contribution in [-0.4, -0.2) is 31.8 Å². The van der Waals surface area contributed by atoms with Crippen molar-refractivity contribution in [3.63, 3.8) is 0 Å². The normalized spacial score (nSPS) is 11.8. The Balaban J connectivity index is 1.60. The molecule has 0 atom stereocenters. The summed E-state index contributed by atoms with van der Waals surface area (Å²) in [6.45, 7) is 0. The van der Waals surface area contributed by atoms with Gasteiger partial charge in [0.2, 0.25) is 0 Å². The number of hydrazone groups is 1. The average Bonchev–Trinajstić information content (AvgIpc) is 3.14. The molecule has 6 nitrogen and oxygen atoms in total. The lowest BCUT2D eigenvalue weighted by molar-refractivity contribution is 0.0951. The molecule has 0 aliphatic heterocycles. The SMILES string of the molecule is CS(=O)(=O)c1ccc(/C=N/NC(=O)c2[nH]c3ccccc3c2-c2ccccc2)cc1. The number of carbonyl (C=O) groups is 1. The number of benzene rings is 3. The second-order valence-corrected chi connectivity index (χ2v) is 8.84. The van der Waals surface area contributed by atoms with Crippen LogP contribution in [0.5, 0.6) is 0 Å². The Bertz CT molecular complexity index is 1340. The van der Waals surface area contributed by atoms with Crippen LogP contribution in [0.15, 0.2) is 88.9 Å². The van der Waals surface area contributed by atoms with Crippen LogP contribution < -0.4 is 5.43 Å². The van der Waals surface area contributed by atoms with E-state index < -0.39 is 9.84 Å². The maximum absolute atomic E-state index is 12.8. The molecule has 4 aromatic rings. The zero-order chi connectivity index (χ0) is 21.1. The van der Waals surface area contributed by atoms with Gasteiger partial charge in [-0.1, -0.05) is 60.7 Å². The molecule has 7 heteroatoms. The summed E-state index contributed by atoms with van der Waals surface area (Å²) >= 11 is 0. The number of nitrogens with one attached hydrogen (secondary N) is 2. The summed E-state index contributed by atoms with van der Waals surface area (Å²) in [5, 5.41) is 4.97. The minimum absolute atomic E-state index is 0.231. The van der Waals surface area contributed by atoms with E-state index in [1.807, 2.05) is 54.6 Å². The fraction of sp³-hybridized carbons (Fsp3) is 0.0435. The second kappa shape index (κ2) is 7.96. The number of aromatic nitrogens is 1. The smallest absolute Gasteiger partial charge is 0.288 e. The van der Waals surface area contributed by atoms with Crippen molar-refractivity contribution in [3.05, 3.63) is 90.1 Å². The zero-order valence-corrected chi connectivity index (χ0v) is 17.0. The van der Waals surface area contributed by atoms with Gasteiger partial charge in [0.05, 0.1) is 11.1 Å². The third-order valence-electron chi connectivity index (χ3n) is 4.68. The number of hydrogen-bond acceptors (Lipinski definition) is 4. The van der Waals surface area contributed by atoms with Crippen LogP contribution in [0.3, 0.4) is 0 Å². The summed E-state index contributed by atoms with van der Waals surface area (Å²) in [5.41, 5.74) is 6.25. The molecular weight excluding hydrogens is 398 g/mol. The summed E-state index contributed by atoms with van der Waals surface area (Å²) in [6, 6.07) is 23.7. The number of aromatic amines is 1. The molecule has 0 aliphatic carbocycles. The first-order chi connectivity index (χ1) is 14.4. The number of rotatable bonds is 5. The third kappa shape index (κ3) is 4.01. The largest absolute Gasteiger partial charge is 0.350 e. The van der Waals surface area contributed by atoms with Crippen molar-refractivity contribution in [2.24, 2.45) is 5.10 Å². The van der Waals surface area contributed by atoms with Crippen LogP contribution in [-0.2, 0) is 9.84 Å². The van der Waals surface area contributed by atoms with Gasteiger partial charge >= 0.3 is 0 Å². The molecule has 1 amide bonds. The standard InChI is InChI=1S/C23H19N3O3S/c1-30(28,29)18-13-11-16(12-14-18)15-24-26-23(27)22-21(17-7-3-2-4-8-17)19-9-5-6-10-20(19)25-22/h2-15,25H,1H3,(H,26,27)/b24-15+. The molecule has 0 aliphatic rings. The highest BCUT2D eigenvalue weighted by atomic mass is 32.2. The second-order valence-electron chi connectivity index (χ2n) is 6.83. The molecule has 3 aromatic carbocycles. The number of H-pyrrole nitrogens is 1.